The molecule has 2 N–H and O–H groups in total. The van der Waals surface area contributed by atoms with Gasteiger partial charge in [-0.3, -0.25) is 0 Å². The van der Waals surface area contributed by atoms with Crippen LogP contribution in [0.5, 0.6) is 0 Å². The Morgan fingerprint density at radius 1 is 1.06 bits per heavy atom. The van der Waals surface area contributed by atoms with Gasteiger partial charge in [0.25, 0.3) is 0 Å². The second-order valence-corrected chi connectivity index (χ2v) is 7.56. The Balaban J connectivity index is 2.27. The summed E-state index contributed by atoms with van der Waals surface area (Å²) >= 11 is 0. The third kappa shape index (κ3) is 1.89. The highest BCUT2D eigenvalue weighted by atomic mass is 32.2. The average molecular weight is 248 g/mol. The average Bonchev–Trinajstić information content (AvgIpc) is 2.55. The van der Waals surface area contributed by atoms with E-state index in [1.807, 2.05) is 0 Å². The molecule has 0 aromatic heterocycles. The highest BCUT2D eigenvalue weighted by Crippen LogP contribution is 2.49. The molecule has 1 atom stereocenters. The Bertz CT molecular complexity index is 356. The van der Waals surface area contributed by atoms with Crippen LogP contribution in [0.15, 0.2) is 0 Å². The van der Waals surface area contributed by atoms with Crippen molar-refractivity contribution in [3.05, 3.63) is 0 Å². The van der Waals surface area contributed by atoms with E-state index in [1.54, 1.807) is 0 Å². The number of hydrogen-bond acceptors (Lipinski definition) is 4. The third-order valence-corrected chi connectivity index (χ3v) is 6.13. The van der Waals surface area contributed by atoms with Crippen molar-refractivity contribution >= 4 is 9.84 Å². The maximum Gasteiger partial charge on any atom is 0.153 e. The lowest BCUT2D eigenvalue weighted by Crippen LogP contribution is -2.52. The summed E-state index contributed by atoms with van der Waals surface area (Å²) in [6, 6.07) is 0. The van der Waals surface area contributed by atoms with Gasteiger partial charge in [0.2, 0.25) is 0 Å². The van der Waals surface area contributed by atoms with Crippen molar-refractivity contribution in [2.75, 3.05) is 18.1 Å². The summed E-state index contributed by atoms with van der Waals surface area (Å²) in [7, 11) is -3.11. The number of aliphatic hydroxyl groups is 2. The van der Waals surface area contributed by atoms with E-state index in [0.29, 0.717) is 0 Å². The van der Waals surface area contributed by atoms with E-state index >= 15 is 0 Å². The van der Waals surface area contributed by atoms with E-state index in [4.69, 9.17) is 0 Å². The molecule has 2 aliphatic rings. The quantitative estimate of drug-likeness (QED) is 0.745. The van der Waals surface area contributed by atoms with Crippen LogP contribution in [0.25, 0.3) is 0 Å². The third-order valence-electron chi connectivity index (χ3n) is 4.39. The zero-order valence-electron chi connectivity index (χ0n) is 9.48. The lowest BCUT2D eigenvalue weighted by molar-refractivity contribution is -0.110. The molecule has 0 aromatic rings. The maximum absolute atomic E-state index is 11.5. The first-order valence-electron chi connectivity index (χ1n) is 5.97. The molecule has 4 nitrogen and oxygen atoms in total. The van der Waals surface area contributed by atoms with E-state index in [9.17, 15) is 18.6 Å². The molecule has 0 radical (unpaired) electrons. The second kappa shape index (κ2) is 3.96. The molecule has 0 bridgehead atoms. The zero-order valence-corrected chi connectivity index (χ0v) is 10.3. The molecule has 0 amide bonds. The van der Waals surface area contributed by atoms with Crippen LogP contribution >= 0.6 is 0 Å². The minimum atomic E-state index is -3.11. The fourth-order valence-electron chi connectivity index (χ4n) is 3.25. The van der Waals surface area contributed by atoms with E-state index in [1.165, 1.54) is 0 Å². The number of aliphatic hydroxyl groups excluding tert-OH is 1. The van der Waals surface area contributed by atoms with Gasteiger partial charge >= 0.3 is 0 Å². The Morgan fingerprint density at radius 3 is 2.12 bits per heavy atom. The molecular formula is C11H20O4S. The van der Waals surface area contributed by atoms with Gasteiger partial charge in [0, 0.05) is 5.41 Å². The Hall–Kier alpha value is -0.130. The number of sulfone groups is 1. The molecule has 16 heavy (non-hydrogen) atoms. The summed E-state index contributed by atoms with van der Waals surface area (Å²) in [6.07, 6.45) is 4.84. The molecule has 1 saturated heterocycles. The van der Waals surface area contributed by atoms with Crippen LogP contribution in [0.1, 0.15) is 38.5 Å². The Morgan fingerprint density at radius 2 is 1.69 bits per heavy atom. The van der Waals surface area contributed by atoms with Gasteiger partial charge in [0.05, 0.1) is 23.7 Å². The zero-order chi connectivity index (χ0) is 11.9. The first-order valence-corrected chi connectivity index (χ1v) is 7.79. The van der Waals surface area contributed by atoms with Gasteiger partial charge in [0.1, 0.15) is 0 Å². The van der Waals surface area contributed by atoms with Crippen molar-refractivity contribution in [3.8, 4) is 0 Å². The largest absolute Gasteiger partial charge is 0.396 e. The number of hydrogen-bond donors (Lipinski definition) is 2. The molecule has 1 saturated carbocycles. The summed E-state index contributed by atoms with van der Waals surface area (Å²) < 4.78 is 23.0. The summed E-state index contributed by atoms with van der Waals surface area (Å²) in [5.41, 5.74) is -1.77. The first kappa shape index (κ1) is 12.3. The van der Waals surface area contributed by atoms with Crippen LogP contribution in [0.2, 0.25) is 0 Å². The van der Waals surface area contributed by atoms with Crippen LogP contribution in [0, 0.1) is 5.41 Å². The van der Waals surface area contributed by atoms with Gasteiger partial charge in [0.15, 0.2) is 9.84 Å². The highest BCUT2D eigenvalue weighted by molar-refractivity contribution is 7.91. The van der Waals surface area contributed by atoms with Gasteiger partial charge in [-0.15, -0.1) is 0 Å². The van der Waals surface area contributed by atoms with Crippen LogP contribution in [-0.4, -0.2) is 42.3 Å². The number of rotatable bonds is 2. The van der Waals surface area contributed by atoms with Crippen molar-refractivity contribution in [2.24, 2.45) is 5.41 Å². The minimum Gasteiger partial charge on any atom is -0.396 e. The Labute approximate surface area is 96.6 Å². The van der Waals surface area contributed by atoms with Crippen molar-refractivity contribution in [1.29, 1.82) is 0 Å². The maximum atomic E-state index is 11.5. The lowest BCUT2D eigenvalue weighted by Gasteiger charge is -2.46. The first-order chi connectivity index (χ1) is 7.43. The molecule has 0 spiro atoms. The molecule has 1 aliphatic heterocycles. The normalized spacial score (nSPS) is 37.4. The summed E-state index contributed by atoms with van der Waals surface area (Å²) in [5.74, 6) is -0.105. The molecule has 2 rings (SSSR count). The van der Waals surface area contributed by atoms with Gasteiger partial charge < -0.3 is 10.2 Å². The summed E-state index contributed by atoms with van der Waals surface area (Å²) in [4.78, 5) is 0. The molecule has 1 aliphatic carbocycles. The molecular weight excluding hydrogens is 228 g/mol. The van der Waals surface area contributed by atoms with Crippen molar-refractivity contribution in [1.82, 2.24) is 0 Å². The van der Waals surface area contributed by atoms with Crippen LogP contribution < -0.4 is 0 Å². The van der Waals surface area contributed by atoms with E-state index in [-0.39, 0.29) is 24.5 Å². The van der Waals surface area contributed by atoms with Gasteiger partial charge in [-0.05, 0) is 19.3 Å². The second-order valence-electron chi connectivity index (χ2n) is 5.37. The monoisotopic (exact) mass is 248 g/mol. The topological polar surface area (TPSA) is 74.6 Å². The van der Waals surface area contributed by atoms with Crippen LogP contribution in [0.4, 0.5) is 0 Å². The van der Waals surface area contributed by atoms with Crippen molar-refractivity contribution < 1.29 is 18.6 Å². The molecule has 1 unspecified atom stereocenters. The molecule has 1 heterocycles. The van der Waals surface area contributed by atoms with E-state index < -0.39 is 20.9 Å². The van der Waals surface area contributed by atoms with Crippen molar-refractivity contribution in [3.63, 3.8) is 0 Å². The van der Waals surface area contributed by atoms with Gasteiger partial charge in [-0.1, -0.05) is 19.3 Å². The highest BCUT2D eigenvalue weighted by Gasteiger charge is 2.55. The lowest BCUT2D eigenvalue weighted by atomic mass is 9.63. The molecule has 94 valence electrons. The fraction of sp³-hybridized carbons (Fsp3) is 1.00. The van der Waals surface area contributed by atoms with Gasteiger partial charge in [-0.2, -0.15) is 0 Å². The summed E-state index contributed by atoms with van der Waals surface area (Å²) in [5, 5.41) is 20.1. The molecule has 0 aromatic carbocycles. The Kier molecular flexibility index (Phi) is 3.05. The fourth-order valence-corrected chi connectivity index (χ4v) is 5.22. The van der Waals surface area contributed by atoms with Crippen LogP contribution in [0.3, 0.4) is 0 Å². The standard InChI is InChI=1S/C11H20O4S/c12-8-10(4-2-1-3-5-10)11(13)6-7-16(14,15)9-11/h12-13H,1-9H2. The minimum absolute atomic E-state index is 0.0608. The van der Waals surface area contributed by atoms with Crippen molar-refractivity contribution in [2.45, 2.75) is 44.1 Å². The van der Waals surface area contributed by atoms with E-state index in [0.717, 1.165) is 32.1 Å². The molecule has 5 heteroatoms. The predicted octanol–water partition coefficient (Wildman–Crippen LogP) is 0.479. The molecule has 2 fully saturated rings. The predicted molar refractivity (Wildman–Crippen MR) is 60.8 cm³/mol. The van der Waals surface area contributed by atoms with E-state index in [2.05, 4.69) is 0 Å². The van der Waals surface area contributed by atoms with Crippen LogP contribution in [-0.2, 0) is 9.84 Å². The van der Waals surface area contributed by atoms with Gasteiger partial charge in [-0.25, -0.2) is 8.42 Å². The SMILES string of the molecule is O=S1(=O)CCC(O)(C2(CO)CCCCC2)C1. The smallest absolute Gasteiger partial charge is 0.153 e. The summed E-state index contributed by atoms with van der Waals surface area (Å²) in [6.45, 7) is -0.0982.